The van der Waals surface area contributed by atoms with Crippen LogP contribution in [0.3, 0.4) is 0 Å². The molecule has 3 aromatic rings. The van der Waals surface area contributed by atoms with Gasteiger partial charge in [-0.15, -0.1) is 0 Å². The molecule has 1 heterocycles. The van der Waals surface area contributed by atoms with E-state index in [1.807, 2.05) is 72.2 Å². The van der Waals surface area contributed by atoms with E-state index in [1.54, 1.807) is 0 Å². The minimum atomic E-state index is 0.0502. The van der Waals surface area contributed by atoms with Crippen LogP contribution in [-0.2, 0) is 6.42 Å². The summed E-state index contributed by atoms with van der Waals surface area (Å²) in [5, 5.41) is 1.78. The Hall–Kier alpha value is -2.61. The van der Waals surface area contributed by atoms with Crippen LogP contribution in [0, 0.1) is 0 Å². The lowest BCUT2D eigenvalue weighted by Gasteiger charge is -2.14. The van der Waals surface area contributed by atoms with Gasteiger partial charge in [-0.3, -0.25) is 9.36 Å². The summed E-state index contributed by atoms with van der Waals surface area (Å²) in [6, 6.07) is 18.0. The van der Waals surface area contributed by atoms with E-state index in [4.69, 9.17) is 0 Å². The first kappa shape index (κ1) is 14.3. The number of aryl methyl sites for hydroxylation is 1. The zero-order chi connectivity index (χ0) is 15.5. The van der Waals surface area contributed by atoms with Crippen LogP contribution < -0.4 is 5.56 Å². The van der Waals surface area contributed by atoms with Gasteiger partial charge < -0.3 is 0 Å². The molecule has 0 bridgehead atoms. The Morgan fingerprint density at radius 1 is 1.05 bits per heavy atom. The lowest BCUT2D eigenvalue weighted by molar-refractivity contribution is 0.889. The molecule has 2 nitrogen and oxygen atoms in total. The Morgan fingerprint density at radius 2 is 1.82 bits per heavy atom. The van der Waals surface area contributed by atoms with Crippen molar-refractivity contribution in [1.29, 1.82) is 0 Å². The molecular formula is C20H19NO. The number of para-hydroxylation sites is 1. The molecule has 2 heteroatoms. The van der Waals surface area contributed by atoms with Crippen molar-refractivity contribution < 1.29 is 0 Å². The van der Waals surface area contributed by atoms with Gasteiger partial charge in [0.2, 0.25) is 0 Å². The number of allylic oxidation sites excluding steroid dienone is 1. The molecule has 3 rings (SSSR count). The summed E-state index contributed by atoms with van der Waals surface area (Å²) >= 11 is 0. The molecule has 0 radical (unpaired) electrons. The highest BCUT2D eigenvalue weighted by Gasteiger charge is 2.11. The third-order valence-corrected chi connectivity index (χ3v) is 3.88. The second-order valence-corrected chi connectivity index (χ2v) is 5.28. The third kappa shape index (κ3) is 2.37. The van der Waals surface area contributed by atoms with Crippen molar-refractivity contribution >= 4 is 16.8 Å². The highest BCUT2D eigenvalue weighted by Crippen LogP contribution is 2.20. The molecule has 110 valence electrons. The van der Waals surface area contributed by atoms with Crippen LogP contribution in [0.15, 0.2) is 65.5 Å². The Balaban J connectivity index is 2.44. The van der Waals surface area contributed by atoms with E-state index in [9.17, 15) is 4.79 Å². The summed E-state index contributed by atoms with van der Waals surface area (Å²) in [6.07, 6.45) is 4.77. The Morgan fingerprint density at radius 3 is 2.50 bits per heavy atom. The third-order valence-electron chi connectivity index (χ3n) is 3.88. The van der Waals surface area contributed by atoms with Gasteiger partial charge >= 0.3 is 0 Å². The first-order chi connectivity index (χ1) is 10.8. The van der Waals surface area contributed by atoms with Gasteiger partial charge in [-0.1, -0.05) is 55.5 Å². The molecular weight excluding hydrogens is 270 g/mol. The first-order valence-electron chi connectivity index (χ1n) is 7.62. The number of pyridine rings is 1. The predicted octanol–water partition coefficient (Wildman–Crippen LogP) is 4.59. The van der Waals surface area contributed by atoms with Crippen molar-refractivity contribution in [2.45, 2.75) is 20.3 Å². The molecule has 0 unspecified atom stereocenters. The zero-order valence-corrected chi connectivity index (χ0v) is 12.9. The average Bonchev–Trinajstić information content (AvgIpc) is 2.55. The zero-order valence-electron chi connectivity index (χ0n) is 12.9. The van der Waals surface area contributed by atoms with Crippen LogP contribution in [0.2, 0.25) is 0 Å². The SMILES string of the molecule is C/C=C/c1cccc2cc(CC)n(-c3ccccc3)c(=O)c12. The van der Waals surface area contributed by atoms with Crippen LogP contribution in [0.1, 0.15) is 25.1 Å². The van der Waals surface area contributed by atoms with Crippen molar-refractivity contribution in [3.05, 3.63) is 82.3 Å². The van der Waals surface area contributed by atoms with E-state index in [1.165, 1.54) is 0 Å². The van der Waals surface area contributed by atoms with Gasteiger partial charge in [0.15, 0.2) is 0 Å². The van der Waals surface area contributed by atoms with Crippen molar-refractivity contribution in [1.82, 2.24) is 4.57 Å². The molecule has 0 aliphatic rings. The maximum atomic E-state index is 13.1. The van der Waals surface area contributed by atoms with Crippen LogP contribution in [0.25, 0.3) is 22.5 Å². The van der Waals surface area contributed by atoms with Crippen LogP contribution in [-0.4, -0.2) is 4.57 Å². The smallest absolute Gasteiger partial charge is 0.263 e. The van der Waals surface area contributed by atoms with E-state index in [0.717, 1.165) is 34.1 Å². The topological polar surface area (TPSA) is 22.0 Å². The molecule has 0 aliphatic carbocycles. The quantitative estimate of drug-likeness (QED) is 0.691. The van der Waals surface area contributed by atoms with Crippen molar-refractivity contribution in [3.63, 3.8) is 0 Å². The summed E-state index contributed by atoms with van der Waals surface area (Å²) in [5.41, 5.74) is 2.97. The van der Waals surface area contributed by atoms with Gasteiger partial charge in [-0.25, -0.2) is 0 Å². The fourth-order valence-electron chi connectivity index (χ4n) is 2.88. The molecule has 2 aromatic carbocycles. The number of hydrogen-bond acceptors (Lipinski definition) is 1. The maximum absolute atomic E-state index is 13.1. The van der Waals surface area contributed by atoms with E-state index >= 15 is 0 Å². The molecule has 0 N–H and O–H groups in total. The Labute approximate surface area is 130 Å². The number of aromatic nitrogens is 1. The van der Waals surface area contributed by atoms with Crippen LogP contribution in [0.5, 0.6) is 0 Å². The fraction of sp³-hybridized carbons (Fsp3) is 0.150. The highest BCUT2D eigenvalue weighted by molar-refractivity contribution is 5.90. The van der Waals surface area contributed by atoms with Crippen molar-refractivity contribution in [2.75, 3.05) is 0 Å². The Kier molecular flexibility index (Phi) is 3.92. The summed E-state index contributed by atoms with van der Waals surface area (Å²) in [7, 11) is 0. The average molecular weight is 289 g/mol. The van der Waals surface area contributed by atoms with Crippen molar-refractivity contribution in [3.8, 4) is 5.69 Å². The maximum Gasteiger partial charge on any atom is 0.263 e. The second kappa shape index (κ2) is 6.02. The minimum Gasteiger partial charge on any atom is -0.281 e. The lowest BCUT2D eigenvalue weighted by atomic mass is 10.0. The van der Waals surface area contributed by atoms with Crippen LogP contribution in [0.4, 0.5) is 0 Å². The van der Waals surface area contributed by atoms with Gasteiger partial charge in [0.25, 0.3) is 5.56 Å². The predicted molar refractivity (Wildman–Crippen MR) is 93.6 cm³/mol. The number of nitrogens with zero attached hydrogens (tertiary/aromatic N) is 1. The number of rotatable bonds is 3. The molecule has 0 aliphatic heterocycles. The number of hydrogen-bond donors (Lipinski definition) is 0. The van der Waals surface area contributed by atoms with E-state index in [0.29, 0.717) is 0 Å². The minimum absolute atomic E-state index is 0.0502. The summed E-state index contributed by atoms with van der Waals surface area (Å²) < 4.78 is 1.83. The first-order valence-corrected chi connectivity index (χ1v) is 7.62. The van der Waals surface area contributed by atoms with Gasteiger partial charge in [0, 0.05) is 11.4 Å². The molecule has 0 amide bonds. The van der Waals surface area contributed by atoms with Gasteiger partial charge in [-0.2, -0.15) is 0 Å². The largest absolute Gasteiger partial charge is 0.281 e. The molecule has 0 spiro atoms. The summed E-state index contributed by atoms with van der Waals surface area (Å²) in [5.74, 6) is 0. The molecule has 0 saturated heterocycles. The molecule has 0 saturated carbocycles. The molecule has 0 atom stereocenters. The molecule has 0 fully saturated rings. The lowest BCUT2D eigenvalue weighted by Crippen LogP contribution is -2.22. The molecule has 1 aromatic heterocycles. The number of fused-ring (bicyclic) bond motifs is 1. The van der Waals surface area contributed by atoms with E-state index < -0.39 is 0 Å². The Bertz CT molecular complexity index is 889. The summed E-state index contributed by atoms with van der Waals surface area (Å²) in [4.78, 5) is 13.1. The number of benzene rings is 2. The fourth-order valence-corrected chi connectivity index (χ4v) is 2.88. The monoisotopic (exact) mass is 289 g/mol. The van der Waals surface area contributed by atoms with E-state index in [2.05, 4.69) is 13.0 Å². The van der Waals surface area contributed by atoms with Gasteiger partial charge in [0.05, 0.1) is 5.39 Å². The normalized spacial score (nSPS) is 11.4. The van der Waals surface area contributed by atoms with Crippen molar-refractivity contribution in [2.24, 2.45) is 0 Å². The summed E-state index contributed by atoms with van der Waals surface area (Å²) in [6.45, 7) is 4.05. The standard InChI is InChI=1S/C20H19NO/c1-3-9-15-10-8-11-16-14-17(4-2)21(20(22)19(15)16)18-12-6-5-7-13-18/h3,5-14H,4H2,1-2H3/b9-3+. The second-order valence-electron chi connectivity index (χ2n) is 5.28. The van der Waals surface area contributed by atoms with Crippen LogP contribution >= 0.6 is 0 Å². The van der Waals surface area contributed by atoms with Gasteiger partial charge in [-0.05, 0) is 42.5 Å². The molecule has 22 heavy (non-hydrogen) atoms. The van der Waals surface area contributed by atoms with Gasteiger partial charge in [0.1, 0.15) is 0 Å². The highest BCUT2D eigenvalue weighted by atomic mass is 16.1. The van der Waals surface area contributed by atoms with E-state index in [-0.39, 0.29) is 5.56 Å².